The van der Waals surface area contributed by atoms with Gasteiger partial charge in [-0.3, -0.25) is 9.59 Å². The van der Waals surface area contributed by atoms with Gasteiger partial charge in [0.15, 0.2) is 0 Å². The summed E-state index contributed by atoms with van der Waals surface area (Å²) in [4.78, 5) is 27.5. The number of hydrogen-bond acceptors (Lipinski definition) is 6. The summed E-state index contributed by atoms with van der Waals surface area (Å²) >= 11 is 0. The van der Waals surface area contributed by atoms with Gasteiger partial charge in [-0.2, -0.15) is 0 Å². The second-order valence-electron chi connectivity index (χ2n) is 8.17. The molecule has 0 saturated carbocycles. The molecule has 1 aliphatic rings. The molecule has 0 spiro atoms. The van der Waals surface area contributed by atoms with Crippen LogP contribution in [0, 0.1) is 5.82 Å². The number of ether oxygens (including phenoxy) is 3. The monoisotopic (exact) mass is 491 g/mol. The highest BCUT2D eigenvalue weighted by Gasteiger charge is 2.46. The number of para-hydroxylation sites is 1. The van der Waals surface area contributed by atoms with Gasteiger partial charge >= 0.3 is 0 Å². The van der Waals surface area contributed by atoms with Crippen molar-refractivity contribution in [2.75, 3.05) is 27.4 Å². The minimum Gasteiger partial charge on any atom is -0.507 e. The van der Waals surface area contributed by atoms with Crippen LogP contribution >= 0.6 is 0 Å². The van der Waals surface area contributed by atoms with Gasteiger partial charge in [0.1, 0.15) is 29.7 Å². The number of methoxy groups -OCH3 is 2. The molecule has 1 N–H and O–H groups in total. The van der Waals surface area contributed by atoms with E-state index in [2.05, 4.69) is 0 Å². The average Bonchev–Trinajstić information content (AvgIpc) is 3.16. The van der Waals surface area contributed by atoms with Crippen molar-refractivity contribution in [2.45, 2.75) is 12.6 Å². The Morgan fingerprint density at radius 2 is 1.75 bits per heavy atom. The summed E-state index contributed by atoms with van der Waals surface area (Å²) in [5.74, 6) is -1.32. The Morgan fingerprint density at radius 3 is 2.47 bits per heavy atom. The van der Waals surface area contributed by atoms with Crippen LogP contribution in [0.3, 0.4) is 0 Å². The van der Waals surface area contributed by atoms with Crippen molar-refractivity contribution in [1.82, 2.24) is 4.90 Å². The fourth-order valence-corrected chi connectivity index (χ4v) is 4.15. The Bertz CT molecular complexity index is 1290. The molecule has 1 fully saturated rings. The van der Waals surface area contributed by atoms with Crippen molar-refractivity contribution in [1.29, 1.82) is 0 Å². The highest BCUT2D eigenvalue weighted by molar-refractivity contribution is 6.46. The van der Waals surface area contributed by atoms with Gasteiger partial charge < -0.3 is 24.2 Å². The van der Waals surface area contributed by atoms with Gasteiger partial charge in [0, 0.05) is 13.7 Å². The number of hydrogen-bond donors (Lipinski definition) is 1. The molecule has 1 aliphatic heterocycles. The summed E-state index contributed by atoms with van der Waals surface area (Å²) in [6.45, 7) is 0.558. The van der Waals surface area contributed by atoms with Crippen LogP contribution in [0.4, 0.5) is 4.39 Å². The second kappa shape index (κ2) is 11.0. The predicted octanol–water partition coefficient (Wildman–Crippen LogP) is 4.48. The number of nitrogens with zero attached hydrogens (tertiary/aromatic N) is 1. The van der Waals surface area contributed by atoms with Crippen LogP contribution in [0.5, 0.6) is 11.5 Å². The van der Waals surface area contributed by atoms with Crippen molar-refractivity contribution in [3.63, 3.8) is 0 Å². The van der Waals surface area contributed by atoms with E-state index in [0.717, 1.165) is 5.56 Å². The van der Waals surface area contributed by atoms with Gasteiger partial charge in [-0.25, -0.2) is 4.39 Å². The number of aliphatic hydroxyl groups is 1. The van der Waals surface area contributed by atoms with Crippen molar-refractivity contribution in [3.05, 3.63) is 101 Å². The number of amides is 1. The van der Waals surface area contributed by atoms with Gasteiger partial charge in [-0.1, -0.05) is 36.4 Å². The third-order valence-corrected chi connectivity index (χ3v) is 5.93. The fourth-order valence-electron chi connectivity index (χ4n) is 4.15. The van der Waals surface area contributed by atoms with Crippen molar-refractivity contribution in [3.8, 4) is 11.5 Å². The predicted molar refractivity (Wildman–Crippen MR) is 131 cm³/mol. The Balaban J connectivity index is 1.74. The summed E-state index contributed by atoms with van der Waals surface area (Å²) in [6, 6.07) is 18.8. The van der Waals surface area contributed by atoms with E-state index in [4.69, 9.17) is 14.2 Å². The molecule has 4 rings (SSSR count). The summed E-state index contributed by atoms with van der Waals surface area (Å²) in [6.07, 6.45) is 0. The molecule has 3 aromatic carbocycles. The maximum absolute atomic E-state index is 13.2. The lowest BCUT2D eigenvalue weighted by atomic mass is 9.95. The second-order valence-corrected chi connectivity index (χ2v) is 8.17. The van der Waals surface area contributed by atoms with Crippen LogP contribution in [0.1, 0.15) is 22.7 Å². The van der Waals surface area contributed by atoms with E-state index in [1.165, 1.54) is 31.3 Å². The molecule has 0 radical (unpaired) electrons. The zero-order valence-electron chi connectivity index (χ0n) is 19.9. The third kappa shape index (κ3) is 5.08. The SMILES string of the molecule is COCCN1C(=O)C(=O)/C(=C(\O)c2ccccc2OC)C1c1cccc(OCc2ccc(F)cc2)c1. The molecular formula is C28H26FNO6. The summed E-state index contributed by atoms with van der Waals surface area (Å²) < 4.78 is 29.6. The van der Waals surface area contributed by atoms with Gasteiger partial charge in [0.05, 0.1) is 30.9 Å². The molecule has 0 bridgehead atoms. The number of aliphatic hydroxyl groups excluding tert-OH is 1. The van der Waals surface area contributed by atoms with Crippen molar-refractivity contribution in [2.24, 2.45) is 0 Å². The number of ketones is 1. The number of benzene rings is 3. The lowest BCUT2D eigenvalue weighted by Gasteiger charge is -2.25. The standard InChI is InChI=1S/C28H26FNO6/c1-34-15-14-30-25(19-6-5-7-21(16-19)36-17-18-10-12-20(29)13-11-18)24(27(32)28(30)33)26(31)22-8-3-4-9-23(22)35-2/h3-13,16,25,31H,14-15,17H2,1-2H3/b26-24-. The van der Waals surface area contributed by atoms with Crippen molar-refractivity contribution >= 4 is 17.4 Å². The summed E-state index contributed by atoms with van der Waals surface area (Å²) in [5, 5.41) is 11.2. The van der Waals surface area contributed by atoms with Crippen LogP contribution < -0.4 is 9.47 Å². The van der Waals surface area contributed by atoms with Crippen LogP contribution in [-0.2, 0) is 20.9 Å². The molecule has 1 heterocycles. The van der Waals surface area contributed by atoms with E-state index >= 15 is 0 Å². The van der Waals surface area contributed by atoms with Gasteiger partial charge in [0.25, 0.3) is 11.7 Å². The Labute approximate surface area is 208 Å². The number of carbonyl (C=O) groups excluding carboxylic acids is 2. The van der Waals surface area contributed by atoms with Crippen molar-refractivity contribution < 1.29 is 33.3 Å². The quantitative estimate of drug-likeness (QED) is 0.270. The zero-order valence-corrected chi connectivity index (χ0v) is 19.9. The topological polar surface area (TPSA) is 85.3 Å². The molecule has 0 aliphatic carbocycles. The molecule has 3 aromatic rings. The molecule has 7 nitrogen and oxygen atoms in total. The lowest BCUT2D eigenvalue weighted by Crippen LogP contribution is -2.32. The van der Waals surface area contributed by atoms with E-state index in [1.54, 1.807) is 60.7 Å². The molecule has 1 unspecified atom stereocenters. The minimum atomic E-state index is -0.862. The molecule has 1 atom stereocenters. The van der Waals surface area contributed by atoms with Gasteiger partial charge in [-0.05, 0) is 47.5 Å². The Morgan fingerprint density at radius 1 is 1.00 bits per heavy atom. The first-order chi connectivity index (χ1) is 17.4. The molecule has 8 heteroatoms. The summed E-state index contributed by atoms with van der Waals surface area (Å²) in [7, 11) is 2.97. The number of carbonyl (C=O) groups is 2. The normalized spacial score (nSPS) is 16.9. The molecule has 0 aromatic heterocycles. The maximum atomic E-state index is 13.2. The van der Waals surface area contributed by atoms with Crippen LogP contribution in [0.15, 0.2) is 78.4 Å². The van der Waals surface area contributed by atoms with Gasteiger partial charge in [-0.15, -0.1) is 0 Å². The van der Waals surface area contributed by atoms with Crippen LogP contribution in [0.25, 0.3) is 5.76 Å². The number of rotatable bonds is 9. The smallest absolute Gasteiger partial charge is 0.295 e. The first-order valence-electron chi connectivity index (χ1n) is 11.3. The average molecular weight is 492 g/mol. The van der Waals surface area contributed by atoms with Gasteiger partial charge in [0.2, 0.25) is 0 Å². The fraction of sp³-hybridized carbons (Fsp3) is 0.214. The van der Waals surface area contributed by atoms with E-state index in [9.17, 15) is 19.1 Å². The molecule has 1 saturated heterocycles. The Hall–Kier alpha value is -4.17. The zero-order chi connectivity index (χ0) is 25.7. The molecule has 186 valence electrons. The number of Topliss-reactive ketones (excluding diaryl/α,β-unsaturated/α-hetero) is 1. The van der Waals surface area contributed by atoms with E-state index in [0.29, 0.717) is 22.6 Å². The Kier molecular flexibility index (Phi) is 7.65. The van der Waals surface area contributed by atoms with E-state index in [1.807, 2.05) is 0 Å². The lowest BCUT2D eigenvalue weighted by molar-refractivity contribution is -0.140. The first-order valence-corrected chi connectivity index (χ1v) is 11.3. The first kappa shape index (κ1) is 24.9. The van der Waals surface area contributed by atoms with E-state index < -0.39 is 17.7 Å². The molecule has 36 heavy (non-hydrogen) atoms. The minimum absolute atomic E-state index is 0.0451. The highest BCUT2D eigenvalue weighted by Crippen LogP contribution is 2.41. The molecule has 1 amide bonds. The maximum Gasteiger partial charge on any atom is 0.295 e. The van der Waals surface area contributed by atoms with Crippen LogP contribution in [0.2, 0.25) is 0 Å². The summed E-state index contributed by atoms with van der Waals surface area (Å²) in [5.41, 5.74) is 1.62. The number of halogens is 1. The third-order valence-electron chi connectivity index (χ3n) is 5.93. The highest BCUT2D eigenvalue weighted by atomic mass is 19.1. The van der Waals surface area contributed by atoms with E-state index in [-0.39, 0.29) is 36.9 Å². The van der Waals surface area contributed by atoms with Crippen LogP contribution in [-0.4, -0.2) is 49.1 Å². The number of likely N-dealkylation sites (tertiary alicyclic amines) is 1. The largest absolute Gasteiger partial charge is 0.507 e. The molecular weight excluding hydrogens is 465 g/mol.